The maximum Gasteiger partial charge on any atom is 0.408 e. The Morgan fingerprint density at radius 1 is 0.909 bits per heavy atom. The molecule has 0 spiro atoms. The van der Waals surface area contributed by atoms with Crippen LogP contribution >= 0.6 is 0 Å². The normalized spacial score (nSPS) is 29.3. The Balaban J connectivity index is 1.44. The molecule has 4 saturated carbocycles. The van der Waals surface area contributed by atoms with Crippen molar-refractivity contribution in [3.05, 3.63) is 0 Å². The first-order valence-corrected chi connectivity index (χ1v) is 12.5. The SMILES string of the molecule is CC(C)(C)OC(=O)NCCCC[C@H](NC(=O)OC(C)(C)C12CC3CC(CC(C3)C1)C2)C(=O)O. The molecule has 4 rings (SSSR count). The molecule has 0 aromatic heterocycles. The molecular formula is C25H42N2O6. The van der Waals surface area contributed by atoms with Crippen molar-refractivity contribution in [2.24, 2.45) is 23.2 Å². The summed E-state index contributed by atoms with van der Waals surface area (Å²) in [5, 5.41) is 14.8. The van der Waals surface area contributed by atoms with Crippen LogP contribution in [-0.4, -0.2) is 47.1 Å². The third-order valence-electron chi connectivity index (χ3n) is 7.84. The summed E-state index contributed by atoms with van der Waals surface area (Å²) in [6, 6.07) is -1.02. The molecule has 33 heavy (non-hydrogen) atoms. The zero-order valence-electron chi connectivity index (χ0n) is 20.9. The predicted octanol–water partition coefficient (Wildman–Crippen LogP) is 4.86. The van der Waals surface area contributed by atoms with Gasteiger partial charge in [-0.1, -0.05) is 0 Å². The lowest BCUT2D eigenvalue weighted by atomic mass is 9.46. The lowest BCUT2D eigenvalue weighted by Gasteiger charge is -2.61. The number of carbonyl (C=O) groups excluding carboxylic acids is 2. The van der Waals surface area contributed by atoms with Gasteiger partial charge in [-0.2, -0.15) is 0 Å². The molecular weight excluding hydrogens is 424 g/mol. The van der Waals surface area contributed by atoms with E-state index in [-0.39, 0.29) is 11.8 Å². The van der Waals surface area contributed by atoms with Gasteiger partial charge in [0.15, 0.2) is 0 Å². The quantitative estimate of drug-likeness (QED) is 0.418. The molecule has 8 nitrogen and oxygen atoms in total. The van der Waals surface area contributed by atoms with Crippen LogP contribution in [0.3, 0.4) is 0 Å². The molecule has 188 valence electrons. The van der Waals surface area contributed by atoms with E-state index in [1.807, 2.05) is 13.8 Å². The van der Waals surface area contributed by atoms with Crippen LogP contribution < -0.4 is 10.6 Å². The van der Waals surface area contributed by atoms with Crippen LogP contribution in [0.4, 0.5) is 9.59 Å². The number of carbonyl (C=O) groups is 3. The van der Waals surface area contributed by atoms with E-state index in [0.717, 1.165) is 37.0 Å². The van der Waals surface area contributed by atoms with Crippen LogP contribution in [0, 0.1) is 23.2 Å². The van der Waals surface area contributed by atoms with Crippen molar-refractivity contribution in [2.75, 3.05) is 6.54 Å². The molecule has 4 fully saturated rings. The summed E-state index contributed by atoms with van der Waals surface area (Å²) >= 11 is 0. The molecule has 0 aromatic rings. The molecule has 0 unspecified atom stereocenters. The third-order valence-corrected chi connectivity index (χ3v) is 7.84. The van der Waals surface area contributed by atoms with Gasteiger partial charge in [-0.15, -0.1) is 0 Å². The van der Waals surface area contributed by atoms with E-state index in [0.29, 0.717) is 19.4 Å². The molecule has 4 bridgehead atoms. The lowest BCUT2D eigenvalue weighted by molar-refractivity contribution is -0.163. The minimum atomic E-state index is -1.08. The minimum absolute atomic E-state index is 0.00510. The number of nitrogens with one attached hydrogen (secondary N) is 2. The fraction of sp³-hybridized carbons (Fsp3) is 0.880. The van der Waals surface area contributed by atoms with Crippen LogP contribution in [0.5, 0.6) is 0 Å². The van der Waals surface area contributed by atoms with Gasteiger partial charge < -0.3 is 25.2 Å². The first-order valence-electron chi connectivity index (χ1n) is 12.5. The number of hydrogen-bond acceptors (Lipinski definition) is 5. The summed E-state index contributed by atoms with van der Waals surface area (Å²) in [6.45, 7) is 9.75. The molecule has 0 heterocycles. The molecule has 8 heteroatoms. The van der Waals surface area contributed by atoms with Gasteiger partial charge >= 0.3 is 18.2 Å². The first-order chi connectivity index (χ1) is 15.3. The summed E-state index contributed by atoms with van der Waals surface area (Å²) in [7, 11) is 0. The maximum atomic E-state index is 12.7. The number of rotatable bonds is 9. The highest BCUT2D eigenvalue weighted by molar-refractivity contribution is 5.80. The molecule has 1 atom stereocenters. The van der Waals surface area contributed by atoms with Crippen molar-refractivity contribution in [1.82, 2.24) is 10.6 Å². The van der Waals surface area contributed by atoms with Gasteiger partial charge in [0.05, 0.1) is 0 Å². The average molecular weight is 467 g/mol. The minimum Gasteiger partial charge on any atom is -0.480 e. The van der Waals surface area contributed by atoms with Gasteiger partial charge in [0.2, 0.25) is 0 Å². The predicted molar refractivity (Wildman–Crippen MR) is 124 cm³/mol. The number of amides is 2. The van der Waals surface area contributed by atoms with E-state index < -0.39 is 35.4 Å². The largest absolute Gasteiger partial charge is 0.480 e. The fourth-order valence-electron chi connectivity index (χ4n) is 6.60. The number of unbranched alkanes of at least 4 members (excludes halogenated alkanes) is 1. The van der Waals surface area contributed by atoms with Gasteiger partial charge in [0.25, 0.3) is 0 Å². The average Bonchev–Trinajstić information content (AvgIpc) is 2.63. The number of carboxylic acids is 1. The van der Waals surface area contributed by atoms with Crippen LogP contribution in [0.1, 0.15) is 92.4 Å². The van der Waals surface area contributed by atoms with Crippen LogP contribution in [0.15, 0.2) is 0 Å². The molecule has 0 aliphatic heterocycles. The Labute approximate surface area is 197 Å². The van der Waals surface area contributed by atoms with Crippen molar-refractivity contribution >= 4 is 18.2 Å². The second-order valence-corrected chi connectivity index (χ2v) is 12.1. The summed E-state index contributed by atoms with van der Waals surface area (Å²) in [5.74, 6) is 1.13. The van der Waals surface area contributed by atoms with Gasteiger partial charge in [0, 0.05) is 12.0 Å². The van der Waals surface area contributed by atoms with Crippen LogP contribution in [0.25, 0.3) is 0 Å². The van der Waals surface area contributed by atoms with Crippen LogP contribution in [-0.2, 0) is 14.3 Å². The zero-order valence-corrected chi connectivity index (χ0v) is 20.9. The zero-order chi connectivity index (χ0) is 24.4. The van der Waals surface area contributed by atoms with E-state index in [4.69, 9.17) is 9.47 Å². The number of alkyl carbamates (subject to hydrolysis) is 2. The highest BCUT2D eigenvalue weighted by Gasteiger charge is 2.58. The number of ether oxygens (including phenoxy) is 2. The third kappa shape index (κ3) is 6.54. The first kappa shape index (κ1) is 25.6. The Morgan fingerprint density at radius 2 is 1.45 bits per heavy atom. The fourth-order valence-corrected chi connectivity index (χ4v) is 6.60. The Bertz CT molecular complexity index is 706. The topological polar surface area (TPSA) is 114 Å². The molecule has 3 N–H and O–H groups in total. The highest BCUT2D eigenvalue weighted by atomic mass is 16.6. The van der Waals surface area contributed by atoms with Crippen LogP contribution in [0.2, 0.25) is 0 Å². The number of carboxylic acid groups (broad SMARTS) is 1. The molecule has 4 aliphatic rings. The van der Waals surface area contributed by atoms with Gasteiger partial charge in [-0.25, -0.2) is 14.4 Å². The Morgan fingerprint density at radius 3 is 1.94 bits per heavy atom. The van der Waals surface area contributed by atoms with Gasteiger partial charge in [-0.05, 0) is 110 Å². The number of aliphatic carboxylic acids is 1. The highest BCUT2D eigenvalue weighted by Crippen LogP contribution is 2.64. The molecule has 2 amide bonds. The maximum absolute atomic E-state index is 12.7. The number of hydrogen-bond donors (Lipinski definition) is 3. The summed E-state index contributed by atoms with van der Waals surface area (Å²) in [6.07, 6.45) is 7.47. The summed E-state index contributed by atoms with van der Waals surface area (Å²) < 4.78 is 11.1. The second-order valence-electron chi connectivity index (χ2n) is 12.1. The van der Waals surface area contributed by atoms with Crippen molar-refractivity contribution < 1.29 is 29.0 Å². The molecule has 0 saturated heterocycles. The summed E-state index contributed by atoms with van der Waals surface area (Å²) in [4.78, 5) is 36.1. The van der Waals surface area contributed by atoms with Crippen molar-refractivity contribution in [3.8, 4) is 0 Å². The van der Waals surface area contributed by atoms with Gasteiger partial charge in [0.1, 0.15) is 17.2 Å². The van der Waals surface area contributed by atoms with Crippen molar-refractivity contribution in [1.29, 1.82) is 0 Å². The van der Waals surface area contributed by atoms with E-state index in [1.54, 1.807) is 20.8 Å². The second kappa shape index (κ2) is 9.71. The molecule has 4 aliphatic carbocycles. The molecule has 0 radical (unpaired) electrons. The Kier molecular flexibility index (Phi) is 7.54. The molecule has 0 aromatic carbocycles. The van der Waals surface area contributed by atoms with Gasteiger partial charge in [-0.3, -0.25) is 0 Å². The lowest BCUT2D eigenvalue weighted by Crippen LogP contribution is -2.58. The standard InChI is InChI=1S/C25H42N2O6/c1-23(2,3)32-21(30)26-9-7-6-8-19(20(28)29)27-22(31)33-24(4,5)25-13-16-10-17(14-25)12-18(11-16)15-25/h16-19H,6-15H2,1-5H3,(H,26,30)(H,27,31)(H,28,29)/t16?,17?,18?,19-,25?/m0/s1. The summed E-state index contributed by atoms with van der Waals surface area (Å²) in [5.41, 5.74) is -1.19. The van der Waals surface area contributed by atoms with Crippen molar-refractivity contribution in [2.45, 2.75) is 110 Å². The van der Waals surface area contributed by atoms with E-state index in [2.05, 4.69) is 10.6 Å². The Hall–Kier alpha value is -1.99. The van der Waals surface area contributed by atoms with E-state index in [1.165, 1.54) is 19.3 Å². The smallest absolute Gasteiger partial charge is 0.408 e. The van der Waals surface area contributed by atoms with E-state index in [9.17, 15) is 19.5 Å². The van der Waals surface area contributed by atoms with Crippen molar-refractivity contribution in [3.63, 3.8) is 0 Å². The van der Waals surface area contributed by atoms with E-state index >= 15 is 0 Å². The monoisotopic (exact) mass is 466 g/mol.